The van der Waals surface area contributed by atoms with Crippen LogP contribution in [0.2, 0.25) is 0 Å². The first-order valence-electron chi connectivity index (χ1n) is 9.10. The van der Waals surface area contributed by atoms with E-state index in [4.69, 9.17) is 10.5 Å². The zero-order chi connectivity index (χ0) is 19.4. The van der Waals surface area contributed by atoms with Crippen LogP contribution in [0, 0.1) is 0 Å². The van der Waals surface area contributed by atoms with E-state index in [0.29, 0.717) is 25.3 Å². The van der Waals surface area contributed by atoms with Crippen LogP contribution >= 0.6 is 0 Å². The molecule has 0 aliphatic heterocycles. The van der Waals surface area contributed by atoms with Gasteiger partial charge in [-0.05, 0) is 37.1 Å². The first-order chi connectivity index (χ1) is 12.5. The van der Waals surface area contributed by atoms with Crippen LogP contribution in [0.15, 0.2) is 30.9 Å². The maximum atomic E-state index is 12.6. The first kappa shape index (κ1) is 21.9. The van der Waals surface area contributed by atoms with E-state index in [2.05, 4.69) is 13.5 Å². The number of hydrogen-bond donors (Lipinski definition) is 2. The van der Waals surface area contributed by atoms with Gasteiger partial charge < -0.3 is 20.5 Å². The Balaban J connectivity index is 2.89. The number of aromatic carboxylic acids is 1. The maximum absolute atomic E-state index is 12.6. The molecular formula is C20H30N2O4. The minimum absolute atomic E-state index is 0.0731. The van der Waals surface area contributed by atoms with Gasteiger partial charge >= 0.3 is 5.97 Å². The molecule has 0 saturated carbocycles. The third kappa shape index (κ3) is 6.98. The molecule has 0 aliphatic carbocycles. The molecule has 0 aromatic heterocycles. The fourth-order valence-corrected chi connectivity index (χ4v) is 2.64. The molecule has 144 valence electrons. The number of amides is 1. The van der Waals surface area contributed by atoms with E-state index in [1.54, 1.807) is 18.2 Å². The quantitative estimate of drug-likeness (QED) is 0.416. The number of carboxylic acid groups (broad SMARTS) is 1. The van der Waals surface area contributed by atoms with Crippen LogP contribution in [0.1, 0.15) is 48.5 Å². The molecule has 3 N–H and O–H groups in total. The standard InChI is InChI=1S/C20H30N2O4/c1-3-5-6-7-13-26-15-19(23)22(12-4-2)18-14-16(10-11-21)8-9-17(18)20(24)25/h4,8-9,14H,2-3,5-7,10-13,15,21H2,1H3,(H,24,25). The smallest absolute Gasteiger partial charge is 0.337 e. The fourth-order valence-electron chi connectivity index (χ4n) is 2.64. The number of benzene rings is 1. The van der Waals surface area contributed by atoms with Gasteiger partial charge in [0.05, 0.1) is 11.3 Å². The van der Waals surface area contributed by atoms with Crippen LogP contribution in [-0.4, -0.2) is 43.3 Å². The van der Waals surface area contributed by atoms with Crippen LogP contribution in [0.4, 0.5) is 5.69 Å². The lowest BCUT2D eigenvalue weighted by Crippen LogP contribution is -2.35. The monoisotopic (exact) mass is 362 g/mol. The van der Waals surface area contributed by atoms with E-state index < -0.39 is 5.97 Å². The van der Waals surface area contributed by atoms with Gasteiger partial charge in [-0.3, -0.25) is 4.79 Å². The number of nitrogens with two attached hydrogens (primary N) is 1. The van der Waals surface area contributed by atoms with Crippen LogP contribution in [0.5, 0.6) is 0 Å². The lowest BCUT2D eigenvalue weighted by Gasteiger charge is -2.24. The molecule has 0 radical (unpaired) electrons. The minimum Gasteiger partial charge on any atom is -0.478 e. The average molecular weight is 362 g/mol. The Morgan fingerprint density at radius 3 is 2.69 bits per heavy atom. The summed E-state index contributed by atoms with van der Waals surface area (Å²) in [7, 11) is 0. The SMILES string of the molecule is C=CCN(C(=O)COCCCCCC)c1cc(CCN)ccc1C(=O)O. The summed E-state index contributed by atoms with van der Waals surface area (Å²) in [5, 5.41) is 9.46. The summed E-state index contributed by atoms with van der Waals surface area (Å²) in [6.07, 6.45) is 6.45. The summed E-state index contributed by atoms with van der Waals surface area (Å²) in [6, 6.07) is 4.94. The second kappa shape index (κ2) is 12.2. The molecule has 0 bridgehead atoms. The summed E-state index contributed by atoms with van der Waals surface area (Å²) in [5.41, 5.74) is 6.89. The van der Waals surface area contributed by atoms with Crippen LogP contribution in [0.25, 0.3) is 0 Å². The van der Waals surface area contributed by atoms with Crippen molar-refractivity contribution in [1.82, 2.24) is 0 Å². The van der Waals surface area contributed by atoms with Gasteiger partial charge in [0.2, 0.25) is 0 Å². The van der Waals surface area contributed by atoms with Crippen molar-refractivity contribution in [2.24, 2.45) is 5.73 Å². The summed E-state index contributed by atoms with van der Waals surface area (Å²) in [5.74, 6) is -1.37. The summed E-state index contributed by atoms with van der Waals surface area (Å²) < 4.78 is 5.48. The highest BCUT2D eigenvalue weighted by atomic mass is 16.5. The molecule has 0 saturated heterocycles. The molecule has 6 nitrogen and oxygen atoms in total. The highest BCUT2D eigenvalue weighted by Crippen LogP contribution is 2.23. The second-order valence-electron chi connectivity index (χ2n) is 6.10. The highest BCUT2D eigenvalue weighted by molar-refractivity contribution is 6.02. The maximum Gasteiger partial charge on any atom is 0.337 e. The number of ether oxygens (including phenoxy) is 1. The molecule has 0 spiro atoms. The summed E-state index contributed by atoms with van der Waals surface area (Å²) in [4.78, 5) is 25.6. The molecule has 0 unspecified atom stereocenters. The van der Waals surface area contributed by atoms with E-state index in [-0.39, 0.29) is 24.6 Å². The number of unbranched alkanes of at least 4 members (excludes halogenated alkanes) is 3. The van der Waals surface area contributed by atoms with Gasteiger partial charge in [0.15, 0.2) is 0 Å². The third-order valence-corrected chi connectivity index (χ3v) is 4.00. The topological polar surface area (TPSA) is 92.9 Å². The number of carboxylic acids is 1. The Morgan fingerprint density at radius 1 is 1.31 bits per heavy atom. The van der Waals surface area contributed by atoms with Crippen LogP contribution in [-0.2, 0) is 16.0 Å². The molecule has 0 aliphatic rings. The zero-order valence-corrected chi connectivity index (χ0v) is 15.6. The molecule has 1 rings (SSSR count). The van der Waals surface area contributed by atoms with Crippen LogP contribution in [0.3, 0.4) is 0 Å². The number of rotatable bonds is 13. The van der Waals surface area contributed by atoms with Gasteiger partial charge in [-0.25, -0.2) is 4.79 Å². The van der Waals surface area contributed by atoms with Crippen molar-refractivity contribution < 1.29 is 19.4 Å². The number of nitrogens with zero attached hydrogens (tertiary/aromatic N) is 1. The van der Waals surface area contributed by atoms with E-state index in [1.807, 2.05) is 0 Å². The van der Waals surface area contributed by atoms with E-state index in [0.717, 1.165) is 31.2 Å². The molecule has 0 atom stereocenters. The second-order valence-corrected chi connectivity index (χ2v) is 6.10. The molecular weight excluding hydrogens is 332 g/mol. The third-order valence-electron chi connectivity index (χ3n) is 4.00. The van der Waals surface area contributed by atoms with Gasteiger partial charge in [0.1, 0.15) is 6.61 Å². The molecule has 1 aromatic carbocycles. The predicted molar refractivity (Wildman–Crippen MR) is 104 cm³/mol. The first-order valence-corrected chi connectivity index (χ1v) is 9.10. The molecule has 6 heteroatoms. The highest BCUT2D eigenvalue weighted by Gasteiger charge is 2.21. The number of carbonyl (C=O) groups is 2. The van der Waals surface area contributed by atoms with Crippen molar-refractivity contribution >= 4 is 17.6 Å². The molecule has 0 heterocycles. The van der Waals surface area contributed by atoms with Gasteiger partial charge in [0.25, 0.3) is 5.91 Å². The largest absolute Gasteiger partial charge is 0.478 e. The van der Waals surface area contributed by atoms with E-state index in [1.165, 1.54) is 11.0 Å². The summed E-state index contributed by atoms with van der Waals surface area (Å²) in [6.45, 7) is 6.90. The normalized spacial score (nSPS) is 10.5. The minimum atomic E-state index is -1.08. The average Bonchev–Trinajstić information content (AvgIpc) is 2.62. The van der Waals surface area contributed by atoms with Crippen molar-refractivity contribution in [2.45, 2.75) is 39.0 Å². The van der Waals surface area contributed by atoms with Gasteiger partial charge in [0, 0.05) is 13.2 Å². The number of anilines is 1. The van der Waals surface area contributed by atoms with Crippen molar-refractivity contribution in [3.05, 3.63) is 42.0 Å². The Kier molecular flexibility index (Phi) is 10.3. The summed E-state index contributed by atoms with van der Waals surface area (Å²) >= 11 is 0. The van der Waals surface area contributed by atoms with E-state index in [9.17, 15) is 14.7 Å². The Labute approximate surface area is 155 Å². The van der Waals surface area contributed by atoms with Crippen LogP contribution < -0.4 is 10.6 Å². The van der Waals surface area contributed by atoms with Gasteiger partial charge in [-0.15, -0.1) is 6.58 Å². The van der Waals surface area contributed by atoms with E-state index >= 15 is 0 Å². The Bertz CT molecular complexity index is 601. The molecule has 1 amide bonds. The lowest BCUT2D eigenvalue weighted by molar-refractivity contribution is -0.123. The molecule has 0 fully saturated rings. The van der Waals surface area contributed by atoms with Crippen molar-refractivity contribution in [1.29, 1.82) is 0 Å². The van der Waals surface area contributed by atoms with Crippen molar-refractivity contribution in [2.75, 3.05) is 31.2 Å². The molecule has 26 heavy (non-hydrogen) atoms. The lowest BCUT2D eigenvalue weighted by atomic mass is 10.1. The van der Waals surface area contributed by atoms with Gasteiger partial charge in [-0.2, -0.15) is 0 Å². The Morgan fingerprint density at radius 2 is 2.08 bits per heavy atom. The zero-order valence-electron chi connectivity index (χ0n) is 15.6. The fraction of sp³-hybridized carbons (Fsp3) is 0.500. The van der Waals surface area contributed by atoms with Crippen molar-refractivity contribution in [3.63, 3.8) is 0 Å². The van der Waals surface area contributed by atoms with Gasteiger partial charge in [-0.1, -0.05) is 38.3 Å². The van der Waals surface area contributed by atoms with Crippen molar-refractivity contribution in [3.8, 4) is 0 Å². The molecule has 1 aromatic rings. The Hall–Kier alpha value is -2.18. The predicted octanol–water partition coefficient (Wildman–Crippen LogP) is 3.00. The number of hydrogen-bond acceptors (Lipinski definition) is 4. The number of carbonyl (C=O) groups excluding carboxylic acids is 1.